The molecule has 10 heteroatoms. The largest absolute Gasteiger partial charge is 0.390 e. The number of nitrogen functional groups attached to an aromatic ring is 1. The van der Waals surface area contributed by atoms with E-state index in [1.54, 1.807) is 11.5 Å². The van der Waals surface area contributed by atoms with Crippen molar-refractivity contribution in [1.29, 1.82) is 0 Å². The molecule has 1 saturated heterocycles. The van der Waals surface area contributed by atoms with Crippen LogP contribution in [0.25, 0.3) is 11.2 Å². The molecule has 2 aromatic rings. The van der Waals surface area contributed by atoms with Crippen LogP contribution in [-0.4, -0.2) is 72.0 Å². The molecule has 142 valence electrons. The quantitative estimate of drug-likeness (QED) is 0.550. The molecule has 4 rings (SSSR count). The van der Waals surface area contributed by atoms with Crippen LogP contribution < -0.4 is 5.73 Å². The van der Waals surface area contributed by atoms with Crippen LogP contribution in [0, 0.1) is 6.92 Å². The van der Waals surface area contributed by atoms with E-state index in [1.807, 2.05) is 0 Å². The summed E-state index contributed by atoms with van der Waals surface area (Å²) in [6.07, 6.45) is -0.787. The zero-order valence-corrected chi connectivity index (χ0v) is 14.4. The van der Waals surface area contributed by atoms with E-state index in [-0.39, 0.29) is 18.5 Å². The predicted molar refractivity (Wildman–Crippen MR) is 90.0 cm³/mol. The smallest absolute Gasteiger partial charge is 0.167 e. The van der Waals surface area contributed by atoms with Gasteiger partial charge in [0.15, 0.2) is 17.7 Å². The maximum Gasteiger partial charge on any atom is 0.167 e. The molecular weight excluding hydrogens is 342 g/mol. The van der Waals surface area contributed by atoms with Crippen molar-refractivity contribution >= 4 is 17.0 Å². The minimum atomic E-state index is -1.18. The van der Waals surface area contributed by atoms with Crippen LogP contribution in [-0.2, 0) is 9.47 Å². The molecule has 1 saturated carbocycles. The molecule has 6 atom stereocenters. The minimum absolute atomic E-state index is 0.0826. The Morgan fingerprint density at radius 1 is 1.27 bits per heavy atom. The lowest BCUT2D eigenvalue weighted by Crippen LogP contribution is -2.36. The molecule has 2 fully saturated rings. The second-order valence-electron chi connectivity index (χ2n) is 6.90. The third kappa shape index (κ3) is 2.93. The Morgan fingerprint density at radius 3 is 2.81 bits per heavy atom. The third-order valence-electron chi connectivity index (χ3n) is 5.06. The summed E-state index contributed by atoms with van der Waals surface area (Å²) in [5.74, 6) is 0.717. The number of rotatable bonds is 4. The zero-order valence-electron chi connectivity index (χ0n) is 14.4. The maximum atomic E-state index is 10.4. The van der Waals surface area contributed by atoms with Gasteiger partial charge in [-0.05, 0) is 26.2 Å². The van der Waals surface area contributed by atoms with Gasteiger partial charge in [-0.15, -0.1) is 0 Å². The molecule has 5 N–H and O–H groups in total. The number of hydrogen-bond acceptors (Lipinski definition) is 9. The number of ether oxygens (including phenoxy) is 2. The Balaban J connectivity index is 1.53. The molecule has 10 nitrogen and oxygen atoms in total. The molecule has 0 amide bonds. The number of nitrogens with zero attached hydrogens (tertiary/aromatic N) is 4. The highest BCUT2D eigenvalue weighted by molar-refractivity contribution is 5.81. The van der Waals surface area contributed by atoms with Gasteiger partial charge in [0.05, 0.1) is 25.1 Å². The van der Waals surface area contributed by atoms with Crippen molar-refractivity contribution in [2.24, 2.45) is 0 Å². The van der Waals surface area contributed by atoms with Crippen molar-refractivity contribution in [1.82, 2.24) is 19.5 Å². The van der Waals surface area contributed by atoms with Crippen LogP contribution >= 0.6 is 0 Å². The monoisotopic (exact) mass is 365 g/mol. The number of aromatic nitrogens is 4. The Hall–Kier alpha value is -1.85. The Kier molecular flexibility index (Phi) is 4.53. The maximum absolute atomic E-state index is 10.4. The van der Waals surface area contributed by atoms with Crippen LogP contribution in [0.3, 0.4) is 0 Å². The first-order valence-electron chi connectivity index (χ1n) is 8.73. The van der Waals surface area contributed by atoms with Crippen LogP contribution in [0.5, 0.6) is 0 Å². The lowest BCUT2D eigenvalue weighted by atomic mass is 10.1. The van der Waals surface area contributed by atoms with Gasteiger partial charge in [0.2, 0.25) is 0 Å². The van der Waals surface area contributed by atoms with Gasteiger partial charge in [-0.3, -0.25) is 4.57 Å². The summed E-state index contributed by atoms with van der Waals surface area (Å²) in [6.45, 7) is 1.79. The van der Waals surface area contributed by atoms with Gasteiger partial charge in [0, 0.05) is 0 Å². The second kappa shape index (κ2) is 6.71. The minimum Gasteiger partial charge on any atom is -0.390 e. The van der Waals surface area contributed by atoms with Gasteiger partial charge in [-0.2, -0.15) is 0 Å². The molecule has 0 bridgehead atoms. The SMILES string of the molecule is Cc1nc(N)c2ncn([C@@H]3O[C@H](CO[C@@H]4CCC[C@H]4O)[C@@H](O)[C@H]3O)c2n1. The summed E-state index contributed by atoms with van der Waals surface area (Å²) in [4.78, 5) is 12.6. The molecule has 0 aromatic carbocycles. The zero-order chi connectivity index (χ0) is 18.4. The number of aryl methyl sites for hydroxylation is 1. The van der Waals surface area contributed by atoms with E-state index in [2.05, 4.69) is 15.0 Å². The van der Waals surface area contributed by atoms with Gasteiger partial charge < -0.3 is 30.5 Å². The number of hydrogen-bond donors (Lipinski definition) is 4. The van der Waals surface area contributed by atoms with Gasteiger partial charge in [-0.1, -0.05) is 0 Å². The summed E-state index contributed by atoms with van der Waals surface area (Å²) in [5.41, 5.74) is 6.71. The molecule has 1 aliphatic heterocycles. The Labute approximate surface area is 149 Å². The van der Waals surface area contributed by atoms with Crippen molar-refractivity contribution < 1.29 is 24.8 Å². The number of fused-ring (bicyclic) bond motifs is 1. The van der Waals surface area contributed by atoms with E-state index < -0.39 is 30.6 Å². The molecule has 0 unspecified atom stereocenters. The van der Waals surface area contributed by atoms with Gasteiger partial charge in [0.25, 0.3) is 0 Å². The fourth-order valence-corrected chi connectivity index (χ4v) is 3.65. The molecule has 2 aromatic heterocycles. The van der Waals surface area contributed by atoms with E-state index in [0.29, 0.717) is 23.4 Å². The van der Waals surface area contributed by atoms with Crippen molar-refractivity contribution in [2.75, 3.05) is 12.3 Å². The molecule has 0 spiro atoms. The van der Waals surface area contributed by atoms with E-state index in [0.717, 1.165) is 12.8 Å². The average molecular weight is 365 g/mol. The van der Waals surface area contributed by atoms with Crippen molar-refractivity contribution in [3.8, 4) is 0 Å². The lowest BCUT2D eigenvalue weighted by Gasteiger charge is -2.20. The summed E-state index contributed by atoms with van der Waals surface area (Å²) in [5, 5.41) is 30.6. The predicted octanol–water partition coefficient (Wildman–Crippen LogP) is -0.734. The molecule has 3 heterocycles. The summed E-state index contributed by atoms with van der Waals surface area (Å²) in [6, 6.07) is 0. The Bertz CT molecular complexity index is 799. The summed E-state index contributed by atoms with van der Waals surface area (Å²) in [7, 11) is 0. The second-order valence-corrected chi connectivity index (χ2v) is 6.90. The highest BCUT2D eigenvalue weighted by atomic mass is 16.6. The van der Waals surface area contributed by atoms with E-state index in [1.165, 1.54) is 6.33 Å². The first-order valence-corrected chi connectivity index (χ1v) is 8.73. The Morgan fingerprint density at radius 2 is 2.08 bits per heavy atom. The van der Waals surface area contributed by atoms with Crippen LogP contribution in [0.15, 0.2) is 6.33 Å². The standard InChI is InChI=1S/C16H23N5O5/c1-7-19-14(17)11-15(20-7)21(6-18-11)16-13(24)12(23)10(26-16)5-25-9-4-2-3-8(9)22/h6,8-10,12-13,16,22-24H,2-5H2,1H3,(H2,17,19,20)/t8-,9-,10-,12-,13-,16-/m1/s1. The number of aliphatic hydroxyl groups is 3. The molecule has 1 aliphatic carbocycles. The van der Waals surface area contributed by atoms with Crippen molar-refractivity contribution in [3.63, 3.8) is 0 Å². The van der Waals surface area contributed by atoms with Crippen molar-refractivity contribution in [3.05, 3.63) is 12.2 Å². The number of anilines is 1. The van der Waals surface area contributed by atoms with Gasteiger partial charge in [-0.25, -0.2) is 15.0 Å². The number of nitrogens with two attached hydrogens (primary N) is 1. The summed E-state index contributed by atoms with van der Waals surface area (Å²) >= 11 is 0. The number of imidazole rings is 1. The van der Waals surface area contributed by atoms with Crippen molar-refractivity contribution in [2.45, 2.75) is 62.9 Å². The van der Waals surface area contributed by atoms with E-state index >= 15 is 0 Å². The molecule has 26 heavy (non-hydrogen) atoms. The van der Waals surface area contributed by atoms with Crippen LogP contribution in [0.1, 0.15) is 31.3 Å². The summed E-state index contributed by atoms with van der Waals surface area (Å²) < 4.78 is 13.1. The third-order valence-corrected chi connectivity index (χ3v) is 5.06. The fourth-order valence-electron chi connectivity index (χ4n) is 3.65. The van der Waals surface area contributed by atoms with Gasteiger partial charge in [0.1, 0.15) is 29.7 Å². The van der Waals surface area contributed by atoms with E-state index in [9.17, 15) is 15.3 Å². The fraction of sp³-hybridized carbons (Fsp3) is 0.688. The highest BCUT2D eigenvalue weighted by Crippen LogP contribution is 2.33. The van der Waals surface area contributed by atoms with E-state index in [4.69, 9.17) is 15.2 Å². The average Bonchev–Trinajstić information content (AvgIpc) is 3.26. The van der Waals surface area contributed by atoms with Crippen LogP contribution in [0.2, 0.25) is 0 Å². The van der Waals surface area contributed by atoms with Gasteiger partial charge >= 0.3 is 0 Å². The molecular formula is C16H23N5O5. The normalized spacial score (nSPS) is 34.8. The van der Waals surface area contributed by atoms with Crippen LogP contribution in [0.4, 0.5) is 5.82 Å². The first-order chi connectivity index (χ1) is 12.5. The highest BCUT2D eigenvalue weighted by Gasteiger charge is 2.45. The lowest BCUT2D eigenvalue weighted by molar-refractivity contribution is -0.0968. The molecule has 0 radical (unpaired) electrons. The first kappa shape index (κ1) is 17.6. The number of aliphatic hydroxyl groups excluding tert-OH is 3. The molecule has 2 aliphatic rings. The topological polar surface area (TPSA) is 149 Å².